The van der Waals surface area contributed by atoms with Crippen LogP contribution < -0.4 is 5.32 Å². The van der Waals surface area contributed by atoms with Crippen LogP contribution in [-0.2, 0) is 14.1 Å². The fourth-order valence-corrected chi connectivity index (χ4v) is 3.30. The molecule has 0 amide bonds. The van der Waals surface area contributed by atoms with Crippen LogP contribution >= 0.6 is 0 Å². The maximum atomic E-state index is 4.75. The third kappa shape index (κ3) is 2.90. The Morgan fingerprint density at radius 3 is 2.59 bits per heavy atom. The van der Waals surface area contributed by atoms with Gasteiger partial charge in [-0.05, 0) is 18.6 Å². The summed E-state index contributed by atoms with van der Waals surface area (Å²) in [6.45, 7) is 2.03. The van der Waals surface area contributed by atoms with Crippen molar-refractivity contribution in [2.45, 2.75) is 6.92 Å². The number of nitrogens with zero attached hydrogens (tertiary/aromatic N) is 9. The molecule has 1 N–H and O–H groups in total. The molecule has 0 radical (unpaired) electrons. The highest BCUT2D eigenvalue weighted by Crippen LogP contribution is 2.31. The van der Waals surface area contributed by atoms with Crippen molar-refractivity contribution in [3.8, 4) is 22.9 Å². The van der Waals surface area contributed by atoms with E-state index in [1.807, 2.05) is 54.8 Å². The first-order chi connectivity index (χ1) is 14.1. The van der Waals surface area contributed by atoms with Crippen LogP contribution in [0, 0.1) is 6.92 Å². The van der Waals surface area contributed by atoms with Gasteiger partial charge in [-0.25, -0.2) is 19.5 Å². The normalized spacial score (nSPS) is 11.3. The van der Waals surface area contributed by atoms with Crippen LogP contribution in [0.3, 0.4) is 0 Å². The van der Waals surface area contributed by atoms with Gasteiger partial charge in [-0.1, -0.05) is 0 Å². The maximum Gasteiger partial charge on any atom is 0.218 e. The highest BCUT2D eigenvalue weighted by molar-refractivity contribution is 5.83. The Morgan fingerprint density at radius 1 is 1.00 bits per heavy atom. The van der Waals surface area contributed by atoms with Crippen molar-refractivity contribution in [3.63, 3.8) is 0 Å². The lowest BCUT2D eigenvalue weighted by Gasteiger charge is -2.09. The predicted molar refractivity (Wildman–Crippen MR) is 107 cm³/mol. The van der Waals surface area contributed by atoms with Gasteiger partial charge in [0.15, 0.2) is 11.6 Å². The quantitative estimate of drug-likeness (QED) is 0.506. The standard InChI is InChI=1S/C19H18N10/c1-12-13(14-4-8-28(3)25-14)11-29-16(12)17(23-15-10-20-5-6-21-15)24-18(26-29)19-22-7-9-27(19)2/h4-11H,1-3H3,(H,21,23,24,26). The average Bonchev–Trinajstić information content (AvgIpc) is 3.41. The Kier molecular flexibility index (Phi) is 3.83. The van der Waals surface area contributed by atoms with Gasteiger partial charge < -0.3 is 9.88 Å². The highest BCUT2D eigenvalue weighted by atomic mass is 15.3. The zero-order valence-corrected chi connectivity index (χ0v) is 16.1. The molecule has 5 heterocycles. The Labute approximate surface area is 165 Å². The molecule has 29 heavy (non-hydrogen) atoms. The molecule has 5 rings (SSSR count). The van der Waals surface area contributed by atoms with E-state index in [-0.39, 0.29) is 0 Å². The van der Waals surface area contributed by atoms with E-state index in [1.165, 1.54) is 0 Å². The topological polar surface area (TPSA) is 104 Å². The van der Waals surface area contributed by atoms with Gasteiger partial charge in [-0.3, -0.25) is 9.67 Å². The molecular formula is C19H18N10. The van der Waals surface area contributed by atoms with Crippen LogP contribution in [0.1, 0.15) is 5.56 Å². The van der Waals surface area contributed by atoms with Crippen molar-refractivity contribution >= 4 is 17.2 Å². The Morgan fingerprint density at radius 2 is 1.90 bits per heavy atom. The number of hydrogen-bond acceptors (Lipinski definition) is 7. The van der Waals surface area contributed by atoms with Crippen LogP contribution in [0.4, 0.5) is 11.6 Å². The molecule has 0 aliphatic rings. The number of anilines is 2. The smallest absolute Gasteiger partial charge is 0.218 e. The van der Waals surface area contributed by atoms with E-state index >= 15 is 0 Å². The summed E-state index contributed by atoms with van der Waals surface area (Å²) in [5.41, 5.74) is 3.72. The van der Waals surface area contributed by atoms with E-state index in [0.717, 1.165) is 22.3 Å². The van der Waals surface area contributed by atoms with Gasteiger partial charge >= 0.3 is 0 Å². The minimum absolute atomic E-state index is 0.499. The molecular weight excluding hydrogens is 368 g/mol. The van der Waals surface area contributed by atoms with Crippen molar-refractivity contribution in [1.82, 2.24) is 43.9 Å². The largest absolute Gasteiger partial charge is 0.331 e. The van der Waals surface area contributed by atoms with Gasteiger partial charge in [0.25, 0.3) is 0 Å². The van der Waals surface area contributed by atoms with Crippen LogP contribution in [0.5, 0.6) is 0 Å². The molecule has 0 aliphatic carbocycles. The van der Waals surface area contributed by atoms with Crippen LogP contribution in [-0.4, -0.2) is 43.9 Å². The summed E-state index contributed by atoms with van der Waals surface area (Å²) in [5, 5.41) is 12.5. The lowest BCUT2D eigenvalue weighted by atomic mass is 10.1. The minimum Gasteiger partial charge on any atom is -0.331 e. The maximum absolute atomic E-state index is 4.75. The number of rotatable bonds is 4. The third-order valence-electron chi connectivity index (χ3n) is 4.70. The molecule has 10 heteroatoms. The zero-order chi connectivity index (χ0) is 20.0. The summed E-state index contributed by atoms with van der Waals surface area (Å²) in [7, 11) is 3.81. The van der Waals surface area contributed by atoms with E-state index in [2.05, 4.69) is 25.4 Å². The number of aromatic nitrogens is 9. The molecule has 0 unspecified atom stereocenters. The predicted octanol–water partition coefficient (Wildman–Crippen LogP) is 2.37. The summed E-state index contributed by atoms with van der Waals surface area (Å²) in [4.78, 5) is 17.6. The second kappa shape index (κ2) is 6.51. The van der Waals surface area contributed by atoms with E-state index in [1.54, 1.807) is 29.5 Å². The summed E-state index contributed by atoms with van der Waals surface area (Å²) >= 11 is 0. The highest BCUT2D eigenvalue weighted by Gasteiger charge is 2.19. The van der Waals surface area contributed by atoms with Gasteiger partial charge in [0.05, 0.1) is 11.9 Å². The molecule has 0 spiro atoms. The SMILES string of the molecule is Cc1c(-c2ccn(C)n2)cn2nc(-c3nccn3C)nc(Nc3cnccn3)c12. The monoisotopic (exact) mass is 386 g/mol. The van der Waals surface area contributed by atoms with E-state index in [4.69, 9.17) is 10.1 Å². The van der Waals surface area contributed by atoms with Gasteiger partial charge in [-0.15, -0.1) is 5.10 Å². The third-order valence-corrected chi connectivity index (χ3v) is 4.70. The molecule has 0 saturated carbocycles. The summed E-state index contributed by atoms with van der Waals surface area (Å²) in [6.07, 6.45) is 12.4. The Bertz CT molecular complexity index is 1310. The first-order valence-corrected chi connectivity index (χ1v) is 9.01. The second-order valence-corrected chi connectivity index (χ2v) is 6.70. The van der Waals surface area contributed by atoms with E-state index < -0.39 is 0 Å². The van der Waals surface area contributed by atoms with Gasteiger partial charge in [0.2, 0.25) is 5.82 Å². The van der Waals surface area contributed by atoms with Crippen molar-refractivity contribution < 1.29 is 0 Å². The minimum atomic E-state index is 0.499. The van der Waals surface area contributed by atoms with Crippen molar-refractivity contribution in [2.24, 2.45) is 14.1 Å². The van der Waals surface area contributed by atoms with Gasteiger partial charge in [0, 0.05) is 56.8 Å². The number of fused-ring (bicyclic) bond motifs is 1. The fraction of sp³-hybridized carbons (Fsp3) is 0.158. The molecule has 0 aliphatic heterocycles. The Hall–Kier alpha value is -4.08. The van der Waals surface area contributed by atoms with Gasteiger partial charge in [0.1, 0.15) is 11.3 Å². The molecule has 10 nitrogen and oxygen atoms in total. The van der Waals surface area contributed by atoms with Crippen LogP contribution in [0.2, 0.25) is 0 Å². The molecule has 5 aromatic heterocycles. The first kappa shape index (κ1) is 17.0. The first-order valence-electron chi connectivity index (χ1n) is 9.01. The number of hydrogen-bond donors (Lipinski definition) is 1. The summed E-state index contributed by atoms with van der Waals surface area (Å²) in [5.74, 6) is 2.39. The summed E-state index contributed by atoms with van der Waals surface area (Å²) in [6, 6.07) is 1.98. The number of nitrogens with one attached hydrogen (secondary N) is 1. The van der Waals surface area contributed by atoms with Crippen molar-refractivity contribution in [2.75, 3.05) is 5.32 Å². The Balaban J connectivity index is 1.74. The number of aryl methyl sites for hydroxylation is 3. The molecule has 0 atom stereocenters. The lowest BCUT2D eigenvalue weighted by Crippen LogP contribution is -2.06. The van der Waals surface area contributed by atoms with Crippen LogP contribution in [0.25, 0.3) is 28.4 Å². The zero-order valence-electron chi connectivity index (χ0n) is 16.1. The fourth-order valence-electron chi connectivity index (χ4n) is 3.30. The van der Waals surface area contributed by atoms with E-state index in [0.29, 0.717) is 23.3 Å². The molecule has 144 valence electrons. The summed E-state index contributed by atoms with van der Waals surface area (Å²) < 4.78 is 5.47. The second-order valence-electron chi connectivity index (χ2n) is 6.70. The molecule has 0 fully saturated rings. The number of imidazole rings is 1. The lowest BCUT2D eigenvalue weighted by molar-refractivity contribution is 0.770. The van der Waals surface area contributed by atoms with E-state index in [9.17, 15) is 0 Å². The molecule has 0 bridgehead atoms. The van der Waals surface area contributed by atoms with Gasteiger partial charge in [-0.2, -0.15) is 5.10 Å². The van der Waals surface area contributed by atoms with Crippen molar-refractivity contribution in [3.05, 3.63) is 55.0 Å². The molecule has 5 aromatic rings. The van der Waals surface area contributed by atoms with Crippen LogP contribution in [0.15, 0.2) is 49.4 Å². The molecule has 0 aromatic carbocycles. The van der Waals surface area contributed by atoms with Crippen molar-refractivity contribution in [1.29, 1.82) is 0 Å². The molecule has 0 saturated heterocycles. The average molecular weight is 386 g/mol.